The number of hydrogen-bond donors (Lipinski definition) is 6. The number of anilines is 1. The van der Waals surface area contributed by atoms with Crippen LogP contribution >= 0.6 is 0 Å². The van der Waals surface area contributed by atoms with Gasteiger partial charge in [0.15, 0.2) is 5.60 Å². The number of carbonyl (C=O) groups is 3. The predicted octanol–water partition coefficient (Wildman–Crippen LogP) is 3.49. The van der Waals surface area contributed by atoms with E-state index in [1.54, 1.807) is 19.1 Å². The molecule has 3 aromatic rings. The summed E-state index contributed by atoms with van der Waals surface area (Å²) in [5.41, 5.74) is 11.4. The highest BCUT2D eigenvalue weighted by atomic mass is 19.1. The van der Waals surface area contributed by atoms with Crippen LogP contribution in [0.2, 0.25) is 0 Å². The molecule has 8 N–H and O–H groups in total. The Morgan fingerprint density at radius 2 is 1.71 bits per heavy atom. The lowest BCUT2D eigenvalue weighted by Gasteiger charge is -2.32. The standard InChI is InChI=1S/C27H30FN5O4.C2H4O2/c1-3-37-27(25(31)34,21-12-11-20(36-2)14-22(21)28)15-19-10-9-18(24(29)30)13-23(19)33-26(35)32-16-17-7-5-4-6-8-17;1-2(3)4/h4-14H,3,15-16H2,1-2H3,(H3,29,30)(H2,31,34)(H2,32,33,35);1H3,(H,3,4). The average Bonchev–Trinajstić information content (AvgIpc) is 2.92. The number of methoxy groups -OCH3 is 1. The Hall–Kier alpha value is -4.97. The molecule has 0 aliphatic heterocycles. The molecule has 0 aliphatic carbocycles. The van der Waals surface area contributed by atoms with Crippen LogP contribution in [0.1, 0.15) is 36.1 Å². The molecule has 0 saturated heterocycles. The van der Waals surface area contributed by atoms with Crippen LogP contribution in [-0.4, -0.2) is 42.6 Å². The number of nitrogen functional groups attached to an aromatic ring is 1. The quantitative estimate of drug-likeness (QED) is 0.151. The normalized spacial score (nSPS) is 11.7. The average molecular weight is 568 g/mol. The van der Waals surface area contributed by atoms with E-state index < -0.39 is 29.3 Å². The third-order valence-electron chi connectivity index (χ3n) is 5.80. The Bertz CT molecular complexity index is 1380. The van der Waals surface area contributed by atoms with Crippen LogP contribution in [0.5, 0.6) is 5.75 Å². The first-order valence-electron chi connectivity index (χ1n) is 12.5. The largest absolute Gasteiger partial charge is 0.497 e. The van der Waals surface area contributed by atoms with Crippen LogP contribution in [0.4, 0.5) is 14.9 Å². The maximum Gasteiger partial charge on any atom is 0.319 e. The summed E-state index contributed by atoms with van der Waals surface area (Å²) in [5.74, 6) is -2.43. The van der Waals surface area contributed by atoms with E-state index >= 15 is 4.39 Å². The number of nitrogens with one attached hydrogen (secondary N) is 3. The number of amides is 3. The van der Waals surface area contributed by atoms with Crippen LogP contribution in [0.15, 0.2) is 66.7 Å². The lowest BCUT2D eigenvalue weighted by Crippen LogP contribution is -2.46. The molecule has 218 valence electrons. The molecular weight excluding hydrogens is 533 g/mol. The van der Waals surface area contributed by atoms with Crippen molar-refractivity contribution in [2.45, 2.75) is 32.4 Å². The fourth-order valence-corrected chi connectivity index (χ4v) is 3.94. The zero-order valence-electron chi connectivity index (χ0n) is 23.0. The van der Waals surface area contributed by atoms with Crippen molar-refractivity contribution < 1.29 is 33.4 Å². The molecule has 1 unspecified atom stereocenters. The van der Waals surface area contributed by atoms with E-state index in [4.69, 9.17) is 36.3 Å². The second-order valence-electron chi connectivity index (χ2n) is 8.74. The Morgan fingerprint density at radius 3 is 2.24 bits per heavy atom. The van der Waals surface area contributed by atoms with Crippen molar-refractivity contribution in [3.63, 3.8) is 0 Å². The Balaban J connectivity index is 0.00000138. The summed E-state index contributed by atoms with van der Waals surface area (Å²) in [6.07, 6.45) is -0.202. The van der Waals surface area contributed by atoms with E-state index in [-0.39, 0.29) is 42.4 Å². The molecule has 1 atom stereocenters. The number of primary amides is 1. The summed E-state index contributed by atoms with van der Waals surface area (Å²) in [7, 11) is 1.40. The fourth-order valence-electron chi connectivity index (χ4n) is 3.94. The van der Waals surface area contributed by atoms with Gasteiger partial charge in [0, 0.05) is 49.4 Å². The summed E-state index contributed by atoms with van der Waals surface area (Å²) in [6.45, 7) is 3.07. The lowest BCUT2D eigenvalue weighted by atomic mass is 9.84. The molecule has 0 saturated carbocycles. The number of hydrogen-bond acceptors (Lipinski definition) is 6. The monoisotopic (exact) mass is 567 g/mol. The number of ether oxygens (including phenoxy) is 2. The SMILES string of the molecule is CC(=O)O.CCOC(Cc1ccc(C(=N)N)cc1NC(=O)NCc1ccccc1)(C(N)=O)c1ccc(OC)cc1F. The van der Waals surface area contributed by atoms with Gasteiger partial charge in [0.05, 0.1) is 7.11 Å². The lowest BCUT2D eigenvalue weighted by molar-refractivity contribution is -0.145. The van der Waals surface area contributed by atoms with Gasteiger partial charge in [-0.3, -0.25) is 15.0 Å². The second kappa shape index (κ2) is 15.0. The van der Waals surface area contributed by atoms with Crippen molar-refractivity contribution in [1.82, 2.24) is 5.32 Å². The number of urea groups is 1. The Labute approximate surface area is 237 Å². The first-order chi connectivity index (χ1) is 19.4. The van der Waals surface area contributed by atoms with Crippen molar-refractivity contribution in [1.29, 1.82) is 5.41 Å². The van der Waals surface area contributed by atoms with Gasteiger partial charge >= 0.3 is 6.03 Å². The van der Waals surface area contributed by atoms with Crippen molar-refractivity contribution in [3.8, 4) is 5.75 Å². The van der Waals surface area contributed by atoms with Gasteiger partial charge in [0.2, 0.25) is 0 Å². The van der Waals surface area contributed by atoms with Crippen LogP contribution in [0, 0.1) is 11.2 Å². The molecule has 0 bridgehead atoms. The maximum absolute atomic E-state index is 15.2. The van der Waals surface area contributed by atoms with Gasteiger partial charge in [0.25, 0.3) is 11.9 Å². The van der Waals surface area contributed by atoms with E-state index in [2.05, 4.69) is 10.6 Å². The van der Waals surface area contributed by atoms with Gasteiger partial charge < -0.3 is 36.7 Å². The zero-order valence-corrected chi connectivity index (χ0v) is 23.0. The van der Waals surface area contributed by atoms with E-state index in [0.29, 0.717) is 11.1 Å². The number of carboxylic acid groups (broad SMARTS) is 1. The smallest absolute Gasteiger partial charge is 0.319 e. The summed E-state index contributed by atoms with van der Waals surface area (Å²) in [6, 6.07) is 17.5. The van der Waals surface area contributed by atoms with E-state index in [9.17, 15) is 9.59 Å². The number of amidine groups is 1. The molecule has 0 fully saturated rings. The molecular formula is C29H34FN5O6. The predicted molar refractivity (Wildman–Crippen MR) is 152 cm³/mol. The number of carbonyl (C=O) groups excluding carboxylic acids is 2. The number of benzene rings is 3. The number of aliphatic carboxylic acids is 1. The molecule has 12 heteroatoms. The van der Waals surface area contributed by atoms with Gasteiger partial charge in [-0.15, -0.1) is 0 Å². The summed E-state index contributed by atoms with van der Waals surface area (Å²) < 4.78 is 26.1. The molecule has 11 nitrogen and oxygen atoms in total. The number of carboxylic acids is 1. The molecule has 0 aromatic heterocycles. The first kappa shape index (κ1) is 32.2. The second-order valence-corrected chi connectivity index (χ2v) is 8.74. The molecule has 41 heavy (non-hydrogen) atoms. The minimum Gasteiger partial charge on any atom is -0.497 e. The summed E-state index contributed by atoms with van der Waals surface area (Å²) >= 11 is 0. The highest BCUT2D eigenvalue weighted by molar-refractivity contribution is 5.98. The molecule has 3 rings (SSSR count). The molecule has 0 radical (unpaired) electrons. The molecule has 3 aromatic carbocycles. The van der Waals surface area contributed by atoms with Crippen molar-refractivity contribution in [2.24, 2.45) is 11.5 Å². The highest BCUT2D eigenvalue weighted by Gasteiger charge is 2.42. The van der Waals surface area contributed by atoms with Crippen LogP contribution in [-0.2, 0) is 32.9 Å². The Kier molecular flexibility index (Phi) is 11.8. The minimum atomic E-state index is -1.89. The summed E-state index contributed by atoms with van der Waals surface area (Å²) in [4.78, 5) is 34.6. The van der Waals surface area contributed by atoms with Gasteiger partial charge in [0.1, 0.15) is 17.4 Å². The number of nitrogens with two attached hydrogens (primary N) is 2. The number of rotatable bonds is 11. The van der Waals surface area contributed by atoms with Crippen LogP contribution in [0.3, 0.4) is 0 Å². The minimum absolute atomic E-state index is 0.0558. The third-order valence-corrected chi connectivity index (χ3v) is 5.80. The maximum atomic E-state index is 15.2. The van der Waals surface area contributed by atoms with E-state index in [1.165, 1.54) is 25.3 Å². The molecule has 0 spiro atoms. The highest BCUT2D eigenvalue weighted by Crippen LogP contribution is 2.36. The fraction of sp³-hybridized carbons (Fsp3) is 0.241. The van der Waals surface area contributed by atoms with E-state index in [0.717, 1.165) is 18.6 Å². The first-order valence-corrected chi connectivity index (χ1v) is 12.5. The van der Waals surface area contributed by atoms with Gasteiger partial charge in [-0.2, -0.15) is 0 Å². The van der Waals surface area contributed by atoms with Crippen LogP contribution in [0.25, 0.3) is 0 Å². The topological polar surface area (TPSA) is 190 Å². The summed E-state index contributed by atoms with van der Waals surface area (Å²) in [5, 5.41) is 20.7. The third kappa shape index (κ3) is 9.04. The van der Waals surface area contributed by atoms with Crippen molar-refractivity contribution >= 4 is 29.4 Å². The number of halogens is 1. The van der Waals surface area contributed by atoms with Crippen LogP contribution < -0.4 is 26.8 Å². The zero-order chi connectivity index (χ0) is 30.6. The van der Waals surface area contributed by atoms with Gasteiger partial charge in [-0.1, -0.05) is 42.5 Å². The van der Waals surface area contributed by atoms with E-state index in [1.807, 2.05) is 30.3 Å². The molecule has 0 heterocycles. The van der Waals surface area contributed by atoms with Gasteiger partial charge in [-0.25, -0.2) is 9.18 Å². The van der Waals surface area contributed by atoms with Crippen molar-refractivity contribution in [2.75, 3.05) is 19.0 Å². The Morgan fingerprint density at radius 1 is 1.05 bits per heavy atom. The van der Waals surface area contributed by atoms with Crippen molar-refractivity contribution in [3.05, 3.63) is 94.8 Å². The molecule has 3 amide bonds. The van der Waals surface area contributed by atoms with Gasteiger partial charge in [-0.05, 0) is 36.2 Å². The molecule has 0 aliphatic rings.